The van der Waals surface area contributed by atoms with Gasteiger partial charge in [-0.15, -0.1) is 0 Å². The van der Waals surface area contributed by atoms with E-state index >= 15 is 0 Å². The summed E-state index contributed by atoms with van der Waals surface area (Å²) in [4.78, 5) is 29.7. The van der Waals surface area contributed by atoms with Gasteiger partial charge in [-0.3, -0.25) is 9.59 Å². The van der Waals surface area contributed by atoms with E-state index in [0.29, 0.717) is 35.1 Å². The highest BCUT2D eigenvalue weighted by Crippen LogP contribution is 2.30. The van der Waals surface area contributed by atoms with Gasteiger partial charge >= 0.3 is 0 Å². The SMILES string of the molecule is Cc1cc(F)cc2c(=O)[nH]c(-c3ccc(C(C)(C)C(=O)N4CC(O)C4)cc3)cc12. The minimum atomic E-state index is -0.719. The normalized spacial score (nSPS) is 14.9. The Morgan fingerprint density at radius 2 is 1.79 bits per heavy atom. The van der Waals surface area contributed by atoms with Crippen molar-refractivity contribution in [2.45, 2.75) is 32.3 Å². The highest BCUT2D eigenvalue weighted by Gasteiger charge is 2.39. The molecule has 0 unspecified atom stereocenters. The molecule has 0 saturated carbocycles. The summed E-state index contributed by atoms with van der Waals surface area (Å²) in [5.74, 6) is -0.452. The zero-order valence-electron chi connectivity index (χ0n) is 16.6. The average molecular weight is 394 g/mol. The molecule has 0 atom stereocenters. The number of halogens is 1. The second kappa shape index (κ2) is 6.81. The number of H-pyrrole nitrogens is 1. The van der Waals surface area contributed by atoms with E-state index in [4.69, 9.17) is 0 Å². The van der Waals surface area contributed by atoms with Crippen LogP contribution in [0.15, 0.2) is 47.3 Å². The fourth-order valence-corrected chi connectivity index (χ4v) is 3.87. The smallest absolute Gasteiger partial charge is 0.256 e. The average Bonchev–Trinajstić information content (AvgIpc) is 2.65. The number of hydrogen-bond donors (Lipinski definition) is 2. The van der Waals surface area contributed by atoms with E-state index in [2.05, 4.69) is 4.98 Å². The molecule has 1 aliphatic rings. The molecule has 0 spiro atoms. The van der Waals surface area contributed by atoms with E-state index in [1.165, 1.54) is 12.1 Å². The van der Waals surface area contributed by atoms with Crippen LogP contribution in [-0.2, 0) is 10.2 Å². The lowest BCUT2D eigenvalue weighted by atomic mass is 9.82. The third-order valence-electron chi connectivity index (χ3n) is 5.73. The topological polar surface area (TPSA) is 73.4 Å². The number of aryl methyl sites for hydroxylation is 1. The predicted octanol–water partition coefficient (Wildman–Crippen LogP) is 3.12. The standard InChI is InChI=1S/C23H23FN2O3/c1-13-8-16(24)9-19-18(13)10-20(25-21(19)28)14-4-6-15(7-5-14)23(2,3)22(29)26-11-17(27)12-26/h4-10,17,27H,11-12H2,1-3H3,(H,25,28). The fraction of sp³-hybridized carbons (Fsp3) is 0.304. The Bertz CT molecular complexity index is 1160. The molecule has 5 nitrogen and oxygen atoms in total. The van der Waals surface area contributed by atoms with Gasteiger partial charge in [0.1, 0.15) is 5.82 Å². The maximum absolute atomic E-state index is 13.6. The number of nitrogens with one attached hydrogen (secondary N) is 1. The second-order valence-corrected chi connectivity index (χ2v) is 8.26. The number of amides is 1. The van der Waals surface area contributed by atoms with Crippen molar-refractivity contribution in [2.75, 3.05) is 13.1 Å². The molecular formula is C23H23FN2O3. The van der Waals surface area contributed by atoms with Crippen molar-refractivity contribution in [1.29, 1.82) is 0 Å². The van der Waals surface area contributed by atoms with Crippen molar-refractivity contribution in [3.8, 4) is 11.3 Å². The number of aliphatic hydroxyl groups is 1. The van der Waals surface area contributed by atoms with Crippen LogP contribution in [0.2, 0.25) is 0 Å². The van der Waals surface area contributed by atoms with Gasteiger partial charge in [0.15, 0.2) is 0 Å². The van der Waals surface area contributed by atoms with Crippen molar-refractivity contribution in [3.05, 3.63) is 69.8 Å². The third kappa shape index (κ3) is 3.34. The summed E-state index contributed by atoms with van der Waals surface area (Å²) in [5, 5.41) is 10.5. The number of aliphatic hydroxyl groups excluding tert-OH is 1. The number of aromatic amines is 1. The molecule has 3 aromatic rings. The van der Waals surface area contributed by atoms with Gasteiger partial charge in [0.05, 0.1) is 16.9 Å². The summed E-state index contributed by atoms with van der Waals surface area (Å²) in [6.07, 6.45) is -0.432. The molecule has 2 heterocycles. The van der Waals surface area contributed by atoms with E-state index < -0.39 is 17.3 Å². The zero-order valence-corrected chi connectivity index (χ0v) is 16.6. The Kier molecular flexibility index (Phi) is 4.54. The molecule has 1 fully saturated rings. The van der Waals surface area contributed by atoms with Gasteiger partial charge in [-0.25, -0.2) is 4.39 Å². The van der Waals surface area contributed by atoms with E-state index in [9.17, 15) is 19.1 Å². The van der Waals surface area contributed by atoms with Crippen LogP contribution in [0.1, 0.15) is 25.0 Å². The molecule has 1 saturated heterocycles. The first-order valence-corrected chi connectivity index (χ1v) is 9.58. The molecule has 1 aliphatic heterocycles. The van der Waals surface area contributed by atoms with Crippen LogP contribution in [0.3, 0.4) is 0 Å². The first-order chi connectivity index (χ1) is 13.7. The molecule has 0 radical (unpaired) electrons. The van der Waals surface area contributed by atoms with Crippen molar-refractivity contribution < 1.29 is 14.3 Å². The van der Waals surface area contributed by atoms with Crippen molar-refractivity contribution in [3.63, 3.8) is 0 Å². The Morgan fingerprint density at radius 3 is 2.41 bits per heavy atom. The molecule has 150 valence electrons. The Balaban J connectivity index is 1.68. The summed E-state index contributed by atoms with van der Waals surface area (Å²) >= 11 is 0. The molecule has 4 rings (SSSR count). The lowest BCUT2D eigenvalue weighted by molar-refractivity contribution is -0.146. The van der Waals surface area contributed by atoms with Gasteiger partial charge in [0, 0.05) is 18.8 Å². The highest BCUT2D eigenvalue weighted by atomic mass is 19.1. The van der Waals surface area contributed by atoms with Crippen LogP contribution in [0.5, 0.6) is 0 Å². The summed E-state index contributed by atoms with van der Waals surface area (Å²) in [7, 11) is 0. The molecule has 1 amide bonds. The van der Waals surface area contributed by atoms with Crippen molar-refractivity contribution in [2.24, 2.45) is 0 Å². The van der Waals surface area contributed by atoms with Gasteiger partial charge in [-0.05, 0) is 61.0 Å². The maximum Gasteiger partial charge on any atom is 0.256 e. The molecule has 0 bridgehead atoms. The first kappa shape index (κ1) is 19.3. The summed E-state index contributed by atoms with van der Waals surface area (Å²) < 4.78 is 13.6. The first-order valence-electron chi connectivity index (χ1n) is 9.58. The third-order valence-corrected chi connectivity index (χ3v) is 5.73. The summed E-state index contributed by atoms with van der Waals surface area (Å²) in [5.41, 5.74) is 1.94. The van der Waals surface area contributed by atoms with Crippen LogP contribution in [0, 0.1) is 12.7 Å². The number of carbonyl (C=O) groups excluding carboxylic acids is 1. The van der Waals surface area contributed by atoms with Crippen molar-refractivity contribution in [1.82, 2.24) is 9.88 Å². The number of fused-ring (bicyclic) bond motifs is 1. The molecular weight excluding hydrogens is 371 g/mol. The van der Waals surface area contributed by atoms with Gasteiger partial charge in [0.2, 0.25) is 5.91 Å². The van der Waals surface area contributed by atoms with Crippen LogP contribution in [0.4, 0.5) is 4.39 Å². The summed E-state index contributed by atoms with van der Waals surface area (Å²) in [6.45, 7) is 6.26. The number of aromatic nitrogens is 1. The monoisotopic (exact) mass is 394 g/mol. The Morgan fingerprint density at radius 1 is 1.14 bits per heavy atom. The lowest BCUT2D eigenvalue weighted by Gasteiger charge is -2.41. The van der Waals surface area contributed by atoms with Gasteiger partial charge in [-0.2, -0.15) is 0 Å². The van der Waals surface area contributed by atoms with Crippen LogP contribution in [-0.4, -0.2) is 40.1 Å². The summed E-state index contributed by atoms with van der Waals surface area (Å²) in [6, 6.07) is 12.0. The van der Waals surface area contributed by atoms with E-state index in [1.54, 1.807) is 11.8 Å². The largest absolute Gasteiger partial charge is 0.389 e. The molecule has 0 aliphatic carbocycles. The highest BCUT2D eigenvalue weighted by molar-refractivity contribution is 5.89. The van der Waals surface area contributed by atoms with E-state index in [1.807, 2.05) is 44.2 Å². The number of nitrogens with zero attached hydrogens (tertiary/aromatic N) is 1. The second-order valence-electron chi connectivity index (χ2n) is 8.26. The predicted molar refractivity (Wildman–Crippen MR) is 110 cm³/mol. The fourth-order valence-electron chi connectivity index (χ4n) is 3.87. The minimum Gasteiger partial charge on any atom is -0.389 e. The van der Waals surface area contributed by atoms with Gasteiger partial charge < -0.3 is 15.0 Å². The molecule has 6 heteroatoms. The Labute approximate surface area is 167 Å². The van der Waals surface area contributed by atoms with Gasteiger partial charge in [0.25, 0.3) is 5.56 Å². The number of likely N-dealkylation sites (tertiary alicyclic amines) is 1. The zero-order chi connectivity index (χ0) is 20.9. The molecule has 29 heavy (non-hydrogen) atoms. The van der Waals surface area contributed by atoms with Gasteiger partial charge in [-0.1, -0.05) is 24.3 Å². The maximum atomic E-state index is 13.6. The number of pyridine rings is 1. The van der Waals surface area contributed by atoms with Crippen LogP contribution >= 0.6 is 0 Å². The number of carbonyl (C=O) groups is 1. The van der Waals surface area contributed by atoms with E-state index in [-0.39, 0.29) is 11.5 Å². The Hall–Kier alpha value is -2.99. The lowest BCUT2D eigenvalue weighted by Crippen LogP contribution is -2.57. The molecule has 1 aromatic heterocycles. The number of benzene rings is 2. The van der Waals surface area contributed by atoms with E-state index in [0.717, 1.165) is 11.1 Å². The molecule has 2 N–H and O–H groups in total. The minimum absolute atomic E-state index is 0.0210. The van der Waals surface area contributed by atoms with Crippen molar-refractivity contribution >= 4 is 16.7 Å². The quantitative estimate of drug-likeness (QED) is 0.717. The van der Waals surface area contributed by atoms with Crippen LogP contribution < -0.4 is 5.56 Å². The molecule has 2 aromatic carbocycles. The number of rotatable bonds is 3. The number of β-amino-alcohol motifs (C(OH)–C–C–N with tert-alkyl or cyclic N) is 1. The van der Waals surface area contributed by atoms with Crippen LogP contribution in [0.25, 0.3) is 22.0 Å². The number of hydrogen-bond acceptors (Lipinski definition) is 3.